The van der Waals surface area contributed by atoms with Crippen LogP contribution in [0.5, 0.6) is 0 Å². The van der Waals surface area contributed by atoms with Crippen LogP contribution in [0.1, 0.15) is 19.4 Å². The second kappa shape index (κ2) is 10.9. The maximum Gasteiger partial charge on any atom is 0.243 e. The number of hydrogen-bond acceptors (Lipinski definition) is 4. The maximum atomic E-state index is 13.1. The molecule has 0 spiro atoms. The predicted molar refractivity (Wildman–Crippen MR) is 121 cm³/mol. The molecule has 0 unspecified atom stereocenters. The molecule has 7 nitrogen and oxygen atoms in total. The van der Waals surface area contributed by atoms with Gasteiger partial charge >= 0.3 is 0 Å². The van der Waals surface area contributed by atoms with Crippen LogP contribution in [0.4, 0.5) is 0 Å². The van der Waals surface area contributed by atoms with E-state index in [4.69, 9.17) is 23.2 Å². The molecule has 168 valence electrons. The molecular formula is C21H25Cl2N3O4S. The second-order valence-electron chi connectivity index (χ2n) is 6.90. The van der Waals surface area contributed by atoms with Crippen LogP contribution in [0.15, 0.2) is 53.4 Å². The Morgan fingerprint density at radius 2 is 1.68 bits per heavy atom. The summed E-state index contributed by atoms with van der Waals surface area (Å²) >= 11 is 12.1. The van der Waals surface area contributed by atoms with Crippen molar-refractivity contribution < 1.29 is 18.0 Å². The number of carbonyl (C=O) groups excluding carboxylic acids is 2. The smallest absolute Gasteiger partial charge is 0.243 e. The van der Waals surface area contributed by atoms with Crippen molar-refractivity contribution in [3.63, 3.8) is 0 Å². The SMILES string of the molecule is CCNC(=O)[C@@H](C)N(Cc1ccccc1Cl)C(=O)CN(C)S(=O)(=O)c1ccc(Cl)cc1. The summed E-state index contributed by atoms with van der Waals surface area (Å²) in [7, 11) is -2.61. The third-order valence-electron chi connectivity index (χ3n) is 4.70. The largest absolute Gasteiger partial charge is 0.355 e. The fraction of sp³-hybridized carbons (Fsp3) is 0.333. The Hall–Kier alpha value is -2.13. The van der Waals surface area contributed by atoms with E-state index < -0.39 is 28.5 Å². The highest BCUT2D eigenvalue weighted by Crippen LogP contribution is 2.20. The van der Waals surface area contributed by atoms with Crippen molar-refractivity contribution in [1.82, 2.24) is 14.5 Å². The zero-order valence-corrected chi connectivity index (χ0v) is 19.8. The minimum Gasteiger partial charge on any atom is -0.355 e. The highest BCUT2D eigenvalue weighted by Gasteiger charge is 2.30. The van der Waals surface area contributed by atoms with E-state index in [0.717, 1.165) is 4.31 Å². The molecule has 0 saturated carbocycles. The van der Waals surface area contributed by atoms with Gasteiger partial charge in [0.05, 0.1) is 11.4 Å². The van der Waals surface area contributed by atoms with Crippen LogP contribution in [0.25, 0.3) is 0 Å². The first-order valence-corrected chi connectivity index (χ1v) is 11.8. The summed E-state index contributed by atoms with van der Waals surface area (Å²) < 4.78 is 26.6. The van der Waals surface area contributed by atoms with Gasteiger partial charge in [-0.1, -0.05) is 41.4 Å². The average molecular weight is 486 g/mol. The fourth-order valence-electron chi connectivity index (χ4n) is 2.87. The zero-order valence-electron chi connectivity index (χ0n) is 17.5. The highest BCUT2D eigenvalue weighted by molar-refractivity contribution is 7.89. The van der Waals surface area contributed by atoms with Crippen molar-refractivity contribution in [2.24, 2.45) is 0 Å². The Morgan fingerprint density at radius 3 is 2.26 bits per heavy atom. The van der Waals surface area contributed by atoms with Crippen molar-refractivity contribution >= 4 is 45.0 Å². The highest BCUT2D eigenvalue weighted by atomic mass is 35.5. The third kappa shape index (κ3) is 6.43. The summed E-state index contributed by atoms with van der Waals surface area (Å²) in [5.74, 6) is -0.871. The van der Waals surface area contributed by atoms with Gasteiger partial charge in [0.1, 0.15) is 6.04 Å². The number of halogens is 2. The van der Waals surface area contributed by atoms with Gasteiger partial charge in [0.25, 0.3) is 0 Å². The number of nitrogens with zero attached hydrogens (tertiary/aromatic N) is 2. The van der Waals surface area contributed by atoms with Crippen LogP contribution in [-0.2, 0) is 26.2 Å². The minimum atomic E-state index is -3.92. The number of nitrogens with one attached hydrogen (secondary N) is 1. The van der Waals surface area contributed by atoms with E-state index in [-0.39, 0.29) is 17.3 Å². The Morgan fingerprint density at radius 1 is 1.06 bits per heavy atom. The number of benzene rings is 2. The fourth-order valence-corrected chi connectivity index (χ4v) is 4.31. The molecule has 2 rings (SSSR count). The van der Waals surface area contributed by atoms with E-state index in [1.165, 1.54) is 36.2 Å². The van der Waals surface area contributed by atoms with Crippen molar-refractivity contribution in [3.05, 3.63) is 64.1 Å². The molecule has 1 atom stereocenters. The van der Waals surface area contributed by atoms with E-state index in [0.29, 0.717) is 22.2 Å². The van der Waals surface area contributed by atoms with Crippen molar-refractivity contribution in [1.29, 1.82) is 0 Å². The molecule has 2 aromatic carbocycles. The molecule has 0 fully saturated rings. The minimum absolute atomic E-state index is 0.0154. The van der Waals surface area contributed by atoms with Crippen molar-refractivity contribution in [2.45, 2.75) is 31.3 Å². The molecule has 10 heteroatoms. The average Bonchev–Trinajstić information content (AvgIpc) is 2.73. The van der Waals surface area contributed by atoms with Crippen LogP contribution in [-0.4, -0.2) is 55.6 Å². The van der Waals surface area contributed by atoms with Crippen LogP contribution in [0.3, 0.4) is 0 Å². The lowest BCUT2D eigenvalue weighted by atomic mass is 10.1. The number of sulfonamides is 1. The van der Waals surface area contributed by atoms with Gasteiger partial charge in [-0.2, -0.15) is 4.31 Å². The van der Waals surface area contributed by atoms with Gasteiger partial charge < -0.3 is 10.2 Å². The van der Waals surface area contributed by atoms with Gasteiger partial charge in [0.2, 0.25) is 21.8 Å². The first-order chi connectivity index (χ1) is 14.6. The number of carbonyl (C=O) groups is 2. The summed E-state index contributed by atoms with van der Waals surface area (Å²) in [5, 5.41) is 3.54. The topological polar surface area (TPSA) is 86.8 Å². The summed E-state index contributed by atoms with van der Waals surface area (Å²) in [6.45, 7) is 3.39. The first-order valence-electron chi connectivity index (χ1n) is 9.60. The van der Waals surface area contributed by atoms with Gasteiger partial charge in [0.15, 0.2) is 0 Å². The Bertz CT molecular complexity index is 1030. The third-order valence-corrected chi connectivity index (χ3v) is 7.13. The lowest BCUT2D eigenvalue weighted by Crippen LogP contribution is -2.50. The van der Waals surface area contributed by atoms with Crippen molar-refractivity contribution in [2.75, 3.05) is 20.1 Å². The molecule has 0 aromatic heterocycles. The lowest BCUT2D eigenvalue weighted by Gasteiger charge is -2.30. The summed E-state index contributed by atoms with van der Waals surface area (Å²) in [6, 6.07) is 11.8. The van der Waals surface area contributed by atoms with E-state index >= 15 is 0 Å². The van der Waals surface area contributed by atoms with Crippen LogP contribution in [0.2, 0.25) is 10.0 Å². The normalized spacial score (nSPS) is 12.5. The molecule has 0 aliphatic rings. The number of hydrogen-bond donors (Lipinski definition) is 1. The van der Waals surface area contributed by atoms with Crippen molar-refractivity contribution in [3.8, 4) is 0 Å². The quantitative estimate of drug-likeness (QED) is 0.590. The van der Waals surface area contributed by atoms with E-state index in [1.54, 1.807) is 38.1 Å². The molecule has 2 aromatic rings. The summed E-state index contributed by atoms with van der Waals surface area (Å²) in [5.41, 5.74) is 0.650. The Kier molecular flexibility index (Phi) is 8.88. The lowest BCUT2D eigenvalue weighted by molar-refractivity contribution is -0.140. The molecule has 0 heterocycles. The zero-order chi connectivity index (χ0) is 23.2. The molecule has 2 amide bonds. The van der Waals surface area contributed by atoms with E-state index in [9.17, 15) is 18.0 Å². The van der Waals surface area contributed by atoms with Gasteiger partial charge in [-0.3, -0.25) is 9.59 Å². The maximum absolute atomic E-state index is 13.1. The molecule has 0 bridgehead atoms. The van der Waals surface area contributed by atoms with Gasteiger partial charge in [-0.05, 0) is 49.7 Å². The molecule has 1 N–H and O–H groups in total. The summed E-state index contributed by atoms with van der Waals surface area (Å²) in [6.07, 6.45) is 0. The van der Waals surface area contributed by atoms with E-state index in [1.807, 2.05) is 0 Å². The van der Waals surface area contributed by atoms with Gasteiger partial charge in [0, 0.05) is 30.2 Å². The number of likely N-dealkylation sites (N-methyl/N-ethyl adjacent to an activating group) is 2. The van der Waals surface area contributed by atoms with Crippen LogP contribution in [0, 0.1) is 0 Å². The Balaban J connectivity index is 2.28. The van der Waals surface area contributed by atoms with E-state index in [2.05, 4.69) is 5.32 Å². The van der Waals surface area contributed by atoms with Crippen LogP contribution < -0.4 is 5.32 Å². The molecule has 31 heavy (non-hydrogen) atoms. The standard InChI is InChI=1S/C21H25Cl2N3O4S/c1-4-24-21(28)15(2)26(13-16-7-5-6-8-19(16)23)20(27)14-25(3)31(29,30)18-11-9-17(22)10-12-18/h5-12,15H,4,13-14H2,1-3H3,(H,24,28)/t15-/m1/s1. The van der Waals surface area contributed by atoms with Gasteiger partial charge in [-0.25, -0.2) is 8.42 Å². The Labute approximate surface area is 193 Å². The molecular weight excluding hydrogens is 461 g/mol. The molecule has 0 saturated heterocycles. The second-order valence-corrected chi connectivity index (χ2v) is 9.79. The number of rotatable bonds is 9. The number of amides is 2. The molecule has 0 radical (unpaired) electrons. The monoisotopic (exact) mass is 485 g/mol. The molecule has 0 aliphatic carbocycles. The van der Waals surface area contributed by atoms with Crippen LogP contribution >= 0.6 is 23.2 Å². The summed E-state index contributed by atoms with van der Waals surface area (Å²) in [4.78, 5) is 26.9. The first kappa shape index (κ1) is 25.1. The van der Waals surface area contributed by atoms with Gasteiger partial charge in [-0.15, -0.1) is 0 Å². The predicted octanol–water partition coefficient (Wildman–Crippen LogP) is 3.17. The molecule has 0 aliphatic heterocycles.